The van der Waals surface area contributed by atoms with Crippen LogP contribution < -0.4 is 5.32 Å². The molecule has 4 rings (SSSR count). The van der Waals surface area contributed by atoms with Gasteiger partial charge in [0.25, 0.3) is 0 Å². The Morgan fingerprint density at radius 1 is 1.00 bits per heavy atom. The van der Waals surface area contributed by atoms with Crippen LogP contribution in [0.4, 0.5) is 11.4 Å². The summed E-state index contributed by atoms with van der Waals surface area (Å²) in [7, 11) is 0. The van der Waals surface area contributed by atoms with Crippen molar-refractivity contribution >= 4 is 51.7 Å². The van der Waals surface area contributed by atoms with E-state index in [2.05, 4.69) is 5.32 Å². The Balaban J connectivity index is 1.49. The van der Waals surface area contributed by atoms with Crippen LogP contribution in [0.25, 0.3) is 0 Å². The van der Waals surface area contributed by atoms with E-state index in [1.807, 2.05) is 60.7 Å². The zero-order chi connectivity index (χ0) is 22.3. The Morgan fingerprint density at radius 3 is 2.44 bits per heavy atom. The van der Waals surface area contributed by atoms with Crippen LogP contribution in [-0.2, 0) is 16.0 Å². The van der Waals surface area contributed by atoms with Gasteiger partial charge in [-0.1, -0.05) is 78.0 Å². The standard InChI is InChI=1S/C25H22ClN3O2S/c26-19-10-7-13-21(16-19)27-23(30)17-22-24(31)29(15-14-18-8-3-1-4-9-18)25(32-22)28-20-11-5-2-6-12-20/h1-13,16,22H,14-15,17H2,(H,27,30). The first kappa shape index (κ1) is 22.1. The van der Waals surface area contributed by atoms with E-state index in [0.29, 0.717) is 28.8 Å². The fraction of sp³-hybridized carbons (Fsp3) is 0.160. The number of anilines is 1. The predicted octanol–water partition coefficient (Wildman–Crippen LogP) is 5.54. The number of aliphatic imine (C=N–C) groups is 1. The molecule has 1 N–H and O–H groups in total. The van der Waals surface area contributed by atoms with Gasteiger partial charge in [-0.2, -0.15) is 0 Å². The number of carbonyl (C=O) groups is 2. The average Bonchev–Trinajstić information content (AvgIpc) is 3.07. The van der Waals surface area contributed by atoms with Crippen LogP contribution in [0.15, 0.2) is 89.9 Å². The summed E-state index contributed by atoms with van der Waals surface area (Å²) in [4.78, 5) is 32.2. The quantitative estimate of drug-likeness (QED) is 0.500. The number of amides is 2. The van der Waals surface area contributed by atoms with Crippen molar-refractivity contribution in [3.05, 3.63) is 95.5 Å². The van der Waals surface area contributed by atoms with Gasteiger partial charge >= 0.3 is 0 Å². The van der Waals surface area contributed by atoms with Gasteiger partial charge in [-0.25, -0.2) is 4.99 Å². The van der Waals surface area contributed by atoms with Gasteiger partial charge in [0, 0.05) is 23.7 Å². The Bertz CT molecular complexity index is 1120. The highest BCUT2D eigenvalue weighted by Crippen LogP contribution is 2.32. The summed E-state index contributed by atoms with van der Waals surface area (Å²) in [5.74, 6) is -0.330. The summed E-state index contributed by atoms with van der Waals surface area (Å²) in [6.45, 7) is 0.508. The van der Waals surface area contributed by atoms with Crippen LogP contribution in [0.5, 0.6) is 0 Å². The molecule has 0 radical (unpaired) electrons. The van der Waals surface area contributed by atoms with Gasteiger partial charge in [-0.3, -0.25) is 14.5 Å². The maximum Gasteiger partial charge on any atom is 0.242 e. The molecule has 1 heterocycles. The molecule has 1 fully saturated rings. The van der Waals surface area contributed by atoms with Crippen molar-refractivity contribution in [3.63, 3.8) is 0 Å². The molecule has 0 spiro atoms. The monoisotopic (exact) mass is 463 g/mol. The summed E-state index contributed by atoms with van der Waals surface area (Å²) >= 11 is 7.33. The minimum absolute atomic E-state index is 0.0612. The Labute approximate surface area is 196 Å². The van der Waals surface area contributed by atoms with Crippen LogP contribution in [0.3, 0.4) is 0 Å². The van der Waals surface area contributed by atoms with Crippen molar-refractivity contribution in [1.29, 1.82) is 0 Å². The summed E-state index contributed by atoms with van der Waals surface area (Å²) < 4.78 is 0. The second-order valence-electron chi connectivity index (χ2n) is 7.32. The van der Waals surface area contributed by atoms with Gasteiger partial charge in [0.05, 0.1) is 5.69 Å². The Hall–Kier alpha value is -3.09. The summed E-state index contributed by atoms with van der Waals surface area (Å²) in [5.41, 5.74) is 2.53. The van der Waals surface area contributed by atoms with Crippen molar-refractivity contribution in [1.82, 2.24) is 4.90 Å². The lowest BCUT2D eigenvalue weighted by molar-refractivity contribution is -0.128. The van der Waals surface area contributed by atoms with E-state index in [9.17, 15) is 9.59 Å². The molecule has 0 bridgehead atoms. The highest BCUT2D eigenvalue weighted by atomic mass is 35.5. The van der Waals surface area contributed by atoms with Crippen molar-refractivity contribution in [2.24, 2.45) is 4.99 Å². The highest BCUT2D eigenvalue weighted by molar-refractivity contribution is 8.15. The van der Waals surface area contributed by atoms with Crippen LogP contribution in [-0.4, -0.2) is 33.7 Å². The molecule has 3 aromatic carbocycles. The molecular formula is C25H22ClN3O2S. The smallest absolute Gasteiger partial charge is 0.242 e. The SMILES string of the molecule is O=C(CC1SC(=Nc2ccccc2)N(CCc2ccccc2)C1=O)Nc1cccc(Cl)c1. The molecule has 0 aliphatic carbocycles. The van der Waals surface area contributed by atoms with Gasteiger partial charge in [0.2, 0.25) is 11.8 Å². The van der Waals surface area contributed by atoms with E-state index in [1.165, 1.54) is 11.8 Å². The summed E-state index contributed by atoms with van der Waals surface area (Å²) in [6.07, 6.45) is 0.772. The number of rotatable bonds is 7. The zero-order valence-electron chi connectivity index (χ0n) is 17.3. The number of carbonyl (C=O) groups excluding carboxylic acids is 2. The number of nitrogens with zero attached hydrogens (tertiary/aromatic N) is 2. The zero-order valence-corrected chi connectivity index (χ0v) is 18.9. The number of nitrogens with one attached hydrogen (secondary N) is 1. The van der Waals surface area contributed by atoms with Crippen molar-refractivity contribution < 1.29 is 9.59 Å². The number of thioether (sulfide) groups is 1. The predicted molar refractivity (Wildman–Crippen MR) is 131 cm³/mol. The molecule has 1 saturated heterocycles. The van der Waals surface area contributed by atoms with Gasteiger partial charge < -0.3 is 5.32 Å². The van der Waals surface area contributed by atoms with Crippen molar-refractivity contribution in [3.8, 4) is 0 Å². The maximum absolute atomic E-state index is 13.2. The van der Waals surface area contributed by atoms with Crippen LogP contribution in [0, 0.1) is 0 Å². The molecule has 162 valence electrons. The minimum Gasteiger partial charge on any atom is -0.326 e. The van der Waals surface area contributed by atoms with Gasteiger partial charge in [-0.05, 0) is 42.3 Å². The molecule has 1 aliphatic rings. The molecular weight excluding hydrogens is 442 g/mol. The summed E-state index contributed by atoms with van der Waals surface area (Å²) in [5, 5.41) is 3.46. The third kappa shape index (κ3) is 5.78. The largest absolute Gasteiger partial charge is 0.326 e. The molecule has 7 heteroatoms. The topological polar surface area (TPSA) is 61.8 Å². The molecule has 1 unspecified atom stereocenters. The normalized spacial score (nSPS) is 17.0. The molecule has 3 aromatic rings. The molecule has 1 aliphatic heterocycles. The molecule has 0 aromatic heterocycles. The number of benzene rings is 3. The Morgan fingerprint density at radius 2 is 1.72 bits per heavy atom. The Kier molecular flexibility index (Phi) is 7.24. The molecule has 5 nitrogen and oxygen atoms in total. The van der Waals surface area contributed by atoms with E-state index in [4.69, 9.17) is 16.6 Å². The van der Waals surface area contributed by atoms with E-state index in [1.54, 1.807) is 29.2 Å². The van der Waals surface area contributed by atoms with E-state index >= 15 is 0 Å². The number of halogens is 1. The van der Waals surface area contributed by atoms with Gasteiger partial charge in [0.15, 0.2) is 5.17 Å². The van der Waals surface area contributed by atoms with Crippen LogP contribution >= 0.6 is 23.4 Å². The van der Waals surface area contributed by atoms with Crippen LogP contribution in [0.1, 0.15) is 12.0 Å². The second kappa shape index (κ2) is 10.5. The molecule has 2 amide bonds. The van der Waals surface area contributed by atoms with Gasteiger partial charge in [0.1, 0.15) is 5.25 Å². The first-order chi connectivity index (χ1) is 15.6. The fourth-order valence-corrected chi connectivity index (χ4v) is 4.75. The molecule has 1 atom stereocenters. The molecule has 32 heavy (non-hydrogen) atoms. The number of hydrogen-bond acceptors (Lipinski definition) is 4. The third-order valence-electron chi connectivity index (χ3n) is 4.95. The van der Waals surface area contributed by atoms with Crippen LogP contribution in [0.2, 0.25) is 5.02 Å². The third-order valence-corrected chi connectivity index (χ3v) is 6.36. The van der Waals surface area contributed by atoms with Crippen molar-refractivity contribution in [2.45, 2.75) is 18.1 Å². The van der Waals surface area contributed by atoms with E-state index in [0.717, 1.165) is 11.3 Å². The number of hydrogen-bond donors (Lipinski definition) is 1. The maximum atomic E-state index is 13.2. The lowest BCUT2D eigenvalue weighted by Gasteiger charge is -2.16. The number of amidine groups is 1. The first-order valence-corrected chi connectivity index (χ1v) is 11.6. The second-order valence-corrected chi connectivity index (χ2v) is 8.93. The summed E-state index contributed by atoms with van der Waals surface area (Å²) in [6, 6.07) is 26.5. The molecule has 0 saturated carbocycles. The minimum atomic E-state index is -0.521. The fourth-order valence-electron chi connectivity index (χ4n) is 3.38. The average molecular weight is 464 g/mol. The van der Waals surface area contributed by atoms with Gasteiger partial charge in [-0.15, -0.1) is 0 Å². The number of para-hydroxylation sites is 1. The van der Waals surface area contributed by atoms with E-state index < -0.39 is 5.25 Å². The van der Waals surface area contributed by atoms with E-state index in [-0.39, 0.29) is 18.2 Å². The van der Waals surface area contributed by atoms with Crippen molar-refractivity contribution in [2.75, 3.05) is 11.9 Å². The lowest BCUT2D eigenvalue weighted by atomic mass is 10.1. The highest BCUT2D eigenvalue weighted by Gasteiger charge is 2.39. The first-order valence-electron chi connectivity index (χ1n) is 10.3. The lowest BCUT2D eigenvalue weighted by Crippen LogP contribution is -2.35.